The van der Waals surface area contributed by atoms with Gasteiger partial charge in [0.15, 0.2) is 0 Å². The number of rotatable bonds is 3. The summed E-state index contributed by atoms with van der Waals surface area (Å²) in [5, 5.41) is 4.50. The van der Waals surface area contributed by atoms with Crippen LogP contribution in [0.15, 0.2) is 21.7 Å². The number of sulfonamides is 1. The minimum Gasteiger partial charge on any atom is -0.444 e. The second-order valence-electron chi connectivity index (χ2n) is 6.28. The van der Waals surface area contributed by atoms with Crippen molar-refractivity contribution in [2.45, 2.75) is 49.5 Å². The molecule has 1 aliphatic rings. The number of hydrogen-bond acceptors (Lipinski definition) is 5. The number of piperidine rings is 1. The maximum atomic E-state index is 12.5. The normalized spacial score (nSPS) is 20.6. The molecule has 1 aromatic heterocycles. The third kappa shape index (κ3) is 4.44. The first-order valence-electron chi connectivity index (χ1n) is 7.22. The zero-order chi connectivity index (χ0) is 16.4. The van der Waals surface area contributed by atoms with Gasteiger partial charge in [-0.2, -0.15) is 4.31 Å². The summed E-state index contributed by atoms with van der Waals surface area (Å²) in [6.07, 6.45) is 0.952. The van der Waals surface area contributed by atoms with Crippen molar-refractivity contribution >= 4 is 27.5 Å². The number of nitrogens with zero attached hydrogens (tertiary/aromatic N) is 1. The Kier molecular flexibility index (Phi) is 5.14. The van der Waals surface area contributed by atoms with E-state index in [9.17, 15) is 13.2 Å². The zero-order valence-electron chi connectivity index (χ0n) is 13.0. The highest BCUT2D eigenvalue weighted by molar-refractivity contribution is 7.91. The fourth-order valence-corrected chi connectivity index (χ4v) is 4.96. The zero-order valence-corrected chi connectivity index (χ0v) is 14.7. The van der Waals surface area contributed by atoms with E-state index in [-0.39, 0.29) is 12.6 Å². The molecular weight excluding hydrogens is 324 g/mol. The van der Waals surface area contributed by atoms with Gasteiger partial charge in [0.1, 0.15) is 9.81 Å². The third-order valence-electron chi connectivity index (χ3n) is 3.19. The first kappa shape index (κ1) is 17.2. The smallest absolute Gasteiger partial charge is 0.407 e. The molecule has 1 aliphatic heterocycles. The topological polar surface area (TPSA) is 75.7 Å². The molecule has 0 spiro atoms. The molecule has 1 amide bonds. The quantitative estimate of drug-likeness (QED) is 0.912. The number of nitrogens with one attached hydrogen (secondary N) is 1. The van der Waals surface area contributed by atoms with Gasteiger partial charge < -0.3 is 10.1 Å². The van der Waals surface area contributed by atoms with Crippen LogP contribution in [0.2, 0.25) is 0 Å². The number of thiophene rings is 1. The monoisotopic (exact) mass is 346 g/mol. The minimum atomic E-state index is -3.46. The van der Waals surface area contributed by atoms with Crippen LogP contribution < -0.4 is 5.32 Å². The van der Waals surface area contributed by atoms with Gasteiger partial charge in [0.05, 0.1) is 0 Å². The second-order valence-corrected chi connectivity index (χ2v) is 9.39. The van der Waals surface area contributed by atoms with Gasteiger partial charge in [-0.05, 0) is 45.1 Å². The van der Waals surface area contributed by atoms with Gasteiger partial charge in [0.25, 0.3) is 10.0 Å². The molecule has 1 aromatic rings. The van der Waals surface area contributed by atoms with Crippen LogP contribution in [0.4, 0.5) is 4.79 Å². The van der Waals surface area contributed by atoms with Crippen LogP contribution in [0.1, 0.15) is 33.6 Å². The summed E-state index contributed by atoms with van der Waals surface area (Å²) < 4.78 is 32.0. The molecule has 0 bridgehead atoms. The third-order valence-corrected chi connectivity index (χ3v) is 6.43. The molecule has 1 fully saturated rings. The molecule has 22 heavy (non-hydrogen) atoms. The lowest BCUT2D eigenvalue weighted by molar-refractivity contribution is 0.0487. The first-order valence-corrected chi connectivity index (χ1v) is 9.53. The van der Waals surface area contributed by atoms with Crippen molar-refractivity contribution in [1.29, 1.82) is 0 Å². The van der Waals surface area contributed by atoms with E-state index in [0.29, 0.717) is 17.2 Å². The summed E-state index contributed by atoms with van der Waals surface area (Å²) in [6.45, 7) is 6.13. The number of carbonyl (C=O) groups excluding carboxylic acids is 1. The Morgan fingerprint density at radius 2 is 2.18 bits per heavy atom. The van der Waals surface area contributed by atoms with Crippen LogP contribution in [0, 0.1) is 0 Å². The van der Waals surface area contributed by atoms with E-state index < -0.39 is 21.7 Å². The van der Waals surface area contributed by atoms with Crippen molar-refractivity contribution in [3.63, 3.8) is 0 Å². The molecular formula is C14H22N2O4S2. The summed E-state index contributed by atoms with van der Waals surface area (Å²) in [5.74, 6) is 0. The van der Waals surface area contributed by atoms with Crippen LogP contribution in [0.5, 0.6) is 0 Å². The molecule has 0 aliphatic carbocycles. The Balaban J connectivity index is 1.99. The predicted molar refractivity (Wildman–Crippen MR) is 85.5 cm³/mol. The standard InChI is InChI=1S/C14H22N2O4S2/c1-14(2,3)20-13(17)15-11-6-4-8-16(10-11)22(18,19)12-7-5-9-21-12/h5,7,9,11H,4,6,8,10H2,1-3H3,(H,15,17). The van der Waals surface area contributed by atoms with E-state index in [1.807, 2.05) is 0 Å². The molecule has 1 saturated heterocycles. The summed E-state index contributed by atoms with van der Waals surface area (Å²) >= 11 is 1.20. The maximum Gasteiger partial charge on any atom is 0.407 e. The van der Waals surface area contributed by atoms with Gasteiger partial charge >= 0.3 is 6.09 Å². The van der Waals surface area contributed by atoms with Crippen LogP contribution >= 0.6 is 11.3 Å². The van der Waals surface area contributed by atoms with Crippen LogP contribution in [0.25, 0.3) is 0 Å². The molecule has 8 heteroatoms. The number of alkyl carbamates (subject to hydrolysis) is 1. The van der Waals surface area contributed by atoms with Crippen molar-refractivity contribution in [3.8, 4) is 0 Å². The van der Waals surface area contributed by atoms with Crippen molar-refractivity contribution in [2.24, 2.45) is 0 Å². The Morgan fingerprint density at radius 3 is 2.77 bits per heavy atom. The Bertz CT molecular complexity index is 605. The van der Waals surface area contributed by atoms with E-state index >= 15 is 0 Å². The highest BCUT2D eigenvalue weighted by Gasteiger charge is 2.32. The van der Waals surface area contributed by atoms with Gasteiger partial charge in [0.2, 0.25) is 0 Å². The van der Waals surface area contributed by atoms with Crippen LogP contribution in [0.3, 0.4) is 0 Å². The average molecular weight is 346 g/mol. The molecule has 1 unspecified atom stereocenters. The number of amides is 1. The Morgan fingerprint density at radius 1 is 1.45 bits per heavy atom. The fourth-order valence-electron chi connectivity index (χ4n) is 2.29. The van der Waals surface area contributed by atoms with Crippen LogP contribution in [-0.4, -0.2) is 43.5 Å². The molecule has 2 rings (SSSR count). The summed E-state index contributed by atoms with van der Waals surface area (Å²) in [7, 11) is -3.46. The van der Waals surface area contributed by atoms with E-state index in [1.165, 1.54) is 15.6 Å². The molecule has 6 nitrogen and oxygen atoms in total. The molecule has 1 atom stereocenters. The fraction of sp³-hybridized carbons (Fsp3) is 0.643. The van der Waals surface area contributed by atoms with Gasteiger partial charge in [-0.15, -0.1) is 11.3 Å². The Hall–Kier alpha value is -1.12. The average Bonchev–Trinajstić information content (AvgIpc) is 2.91. The van der Waals surface area contributed by atoms with E-state index in [0.717, 1.165) is 6.42 Å². The molecule has 1 N–H and O–H groups in total. The van der Waals surface area contributed by atoms with Gasteiger partial charge in [-0.25, -0.2) is 13.2 Å². The van der Waals surface area contributed by atoms with Crippen molar-refractivity contribution in [1.82, 2.24) is 9.62 Å². The lowest BCUT2D eigenvalue weighted by atomic mass is 10.1. The molecule has 0 saturated carbocycles. The van der Waals surface area contributed by atoms with E-state index in [2.05, 4.69) is 5.32 Å². The van der Waals surface area contributed by atoms with Gasteiger partial charge in [0, 0.05) is 19.1 Å². The largest absolute Gasteiger partial charge is 0.444 e. The van der Waals surface area contributed by atoms with Crippen molar-refractivity contribution < 1.29 is 17.9 Å². The summed E-state index contributed by atoms with van der Waals surface area (Å²) in [5.41, 5.74) is -0.568. The second kappa shape index (κ2) is 6.55. The van der Waals surface area contributed by atoms with Crippen molar-refractivity contribution in [2.75, 3.05) is 13.1 Å². The highest BCUT2D eigenvalue weighted by Crippen LogP contribution is 2.24. The molecule has 124 valence electrons. The molecule has 2 heterocycles. The lowest BCUT2D eigenvalue weighted by Crippen LogP contribution is -2.50. The first-order chi connectivity index (χ1) is 10.2. The lowest BCUT2D eigenvalue weighted by Gasteiger charge is -2.32. The maximum absolute atomic E-state index is 12.5. The van der Waals surface area contributed by atoms with Crippen molar-refractivity contribution in [3.05, 3.63) is 17.5 Å². The highest BCUT2D eigenvalue weighted by atomic mass is 32.2. The van der Waals surface area contributed by atoms with E-state index in [4.69, 9.17) is 4.74 Å². The summed E-state index contributed by atoms with van der Waals surface area (Å²) in [6, 6.07) is 3.10. The van der Waals surface area contributed by atoms with E-state index in [1.54, 1.807) is 38.3 Å². The predicted octanol–water partition coefficient (Wildman–Crippen LogP) is 2.43. The Labute approximate surface area is 135 Å². The summed E-state index contributed by atoms with van der Waals surface area (Å²) in [4.78, 5) is 11.8. The SMILES string of the molecule is CC(C)(C)OC(=O)NC1CCCN(S(=O)(=O)c2cccs2)C1. The van der Waals surface area contributed by atoms with Gasteiger partial charge in [-0.1, -0.05) is 6.07 Å². The number of carbonyl (C=O) groups is 1. The minimum absolute atomic E-state index is 0.224. The molecule has 0 aromatic carbocycles. The number of ether oxygens (including phenoxy) is 1. The number of hydrogen-bond donors (Lipinski definition) is 1. The van der Waals surface area contributed by atoms with Gasteiger partial charge in [-0.3, -0.25) is 0 Å². The van der Waals surface area contributed by atoms with Crippen LogP contribution in [-0.2, 0) is 14.8 Å². The molecule has 0 radical (unpaired) electrons.